The molecule has 0 aliphatic carbocycles. The quantitative estimate of drug-likeness (QED) is 0.760. The van der Waals surface area contributed by atoms with Crippen LogP contribution in [0.3, 0.4) is 0 Å². The van der Waals surface area contributed by atoms with Crippen LogP contribution in [0.15, 0.2) is 54.6 Å². The molecule has 0 spiro atoms. The highest BCUT2D eigenvalue weighted by Gasteiger charge is 2.40. The van der Waals surface area contributed by atoms with Gasteiger partial charge in [-0.15, -0.1) is 0 Å². The van der Waals surface area contributed by atoms with E-state index in [9.17, 15) is 0 Å². The lowest BCUT2D eigenvalue weighted by atomic mass is 9.96. The SMILES string of the molecule is COc1cccc(NC(=S)NC2CC3CCC(C2)N3Cc2ccccc2)c1. The number of fused-ring (bicyclic) bond motifs is 2. The van der Waals surface area contributed by atoms with E-state index < -0.39 is 0 Å². The summed E-state index contributed by atoms with van der Waals surface area (Å²) in [5, 5.41) is 7.53. The van der Waals surface area contributed by atoms with Gasteiger partial charge in [0.25, 0.3) is 0 Å². The monoisotopic (exact) mass is 381 g/mol. The van der Waals surface area contributed by atoms with Crippen molar-refractivity contribution in [3.63, 3.8) is 0 Å². The first-order valence-electron chi connectivity index (χ1n) is 9.72. The zero-order valence-electron chi connectivity index (χ0n) is 15.7. The molecule has 27 heavy (non-hydrogen) atoms. The van der Waals surface area contributed by atoms with Gasteiger partial charge in [0.2, 0.25) is 0 Å². The van der Waals surface area contributed by atoms with Gasteiger partial charge in [0.05, 0.1) is 7.11 Å². The molecule has 0 aromatic heterocycles. The summed E-state index contributed by atoms with van der Waals surface area (Å²) in [5.41, 5.74) is 2.37. The molecular formula is C22H27N3OS. The van der Waals surface area contributed by atoms with E-state index in [1.54, 1.807) is 7.11 Å². The van der Waals surface area contributed by atoms with Crippen LogP contribution in [0, 0.1) is 0 Å². The van der Waals surface area contributed by atoms with Crippen molar-refractivity contribution in [1.82, 2.24) is 10.2 Å². The first-order valence-corrected chi connectivity index (χ1v) is 10.1. The third-order valence-electron chi connectivity index (χ3n) is 5.76. The molecule has 2 unspecified atom stereocenters. The van der Waals surface area contributed by atoms with Crippen LogP contribution in [-0.2, 0) is 6.54 Å². The van der Waals surface area contributed by atoms with Crippen LogP contribution in [0.2, 0.25) is 0 Å². The van der Waals surface area contributed by atoms with Crippen LogP contribution in [0.4, 0.5) is 5.69 Å². The second-order valence-electron chi connectivity index (χ2n) is 7.54. The summed E-state index contributed by atoms with van der Waals surface area (Å²) in [6.45, 7) is 1.06. The first kappa shape index (κ1) is 18.3. The molecule has 4 rings (SSSR count). The van der Waals surface area contributed by atoms with Gasteiger partial charge in [0.15, 0.2) is 5.11 Å². The van der Waals surface area contributed by atoms with E-state index >= 15 is 0 Å². The number of nitrogens with zero attached hydrogens (tertiary/aromatic N) is 1. The van der Waals surface area contributed by atoms with Crippen molar-refractivity contribution in [2.45, 2.75) is 50.4 Å². The van der Waals surface area contributed by atoms with Gasteiger partial charge in [-0.05, 0) is 55.6 Å². The predicted molar refractivity (Wildman–Crippen MR) is 114 cm³/mol. The maximum absolute atomic E-state index is 5.55. The highest BCUT2D eigenvalue weighted by Crippen LogP contribution is 2.36. The van der Waals surface area contributed by atoms with E-state index in [-0.39, 0.29) is 0 Å². The molecule has 4 nitrogen and oxygen atoms in total. The third-order valence-corrected chi connectivity index (χ3v) is 5.98. The van der Waals surface area contributed by atoms with Gasteiger partial charge in [-0.3, -0.25) is 4.90 Å². The molecule has 2 heterocycles. The number of nitrogens with one attached hydrogen (secondary N) is 2. The van der Waals surface area contributed by atoms with Gasteiger partial charge < -0.3 is 15.4 Å². The largest absolute Gasteiger partial charge is 0.497 e. The summed E-state index contributed by atoms with van der Waals surface area (Å²) in [7, 11) is 1.68. The molecule has 142 valence electrons. The van der Waals surface area contributed by atoms with E-state index in [0.717, 1.165) is 30.8 Å². The second-order valence-corrected chi connectivity index (χ2v) is 7.95. The molecular weight excluding hydrogens is 354 g/mol. The van der Waals surface area contributed by atoms with Crippen LogP contribution < -0.4 is 15.4 Å². The van der Waals surface area contributed by atoms with Crippen LogP contribution in [0.25, 0.3) is 0 Å². The second kappa shape index (κ2) is 8.28. The smallest absolute Gasteiger partial charge is 0.170 e. The van der Waals surface area contributed by atoms with Crippen molar-refractivity contribution in [3.8, 4) is 5.75 Å². The number of methoxy groups -OCH3 is 1. The normalized spacial score (nSPS) is 24.4. The van der Waals surface area contributed by atoms with Crippen molar-refractivity contribution in [2.24, 2.45) is 0 Å². The number of anilines is 1. The lowest BCUT2D eigenvalue weighted by Crippen LogP contribution is -2.50. The number of benzene rings is 2. The van der Waals surface area contributed by atoms with Crippen molar-refractivity contribution >= 4 is 23.0 Å². The molecule has 0 saturated carbocycles. The molecule has 2 aromatic rings. The Morgan fingerprint density at radius 3 is 2.52 bits per heavy atom. The van der Waals surface area contributed by atoms with Gasteiger partial charge in [0, 0.05) is 36.4 Å². The molecule has 0 amide bonds. The van der Waals surface area contributed by atoms with Crippen molar-refractivity contribution in [3.05, 3.63) is 60.2 Å². The zero-order valence-corrected chi connectivity index (χ0v) is 16.5. The Kier molecular flexibility index (Phi) is 5.60. The lowest BCUT2D eigenvalue weighted by molar-refractivity contribution is 0.115. The number of hydrogen-bond donors (Lipinski definition) is 2. The average molecular weight is 382 g/mol. The van der Waals surface area contributed by atoms with Gasteiger partial charge >= 0.3 is 0 Å². The van der Waals surface area contributed by atoms with E-state index in [2.05, 4.69) is 45.9 Å². The molecule has 5 heteroatoms. The van der Waals surface area contributed by atoms with Gasteiger partial charge in [-0.25, -0.2) is 0 Å². The Morgan fingerprint density at radius 1 is 1.07 bits per heavy atom. The molecule has 0 radical (unpaired) electrons. The summed E-state index contributed by atoms with van der Waals surface area (Å²) in [5.74, 6) is 0.829. The summed E-state index contributed by atoms with van der Waals surface area (Å²) in [4.78, 5) is 2.70. The van der Waals surface area contributed by atoms with E-state index in [0.29, 0.717) is 23.2 Å². The standard InChI is InChI=1S/C22H27N3OS/c1-26-21-9-5-8-17(14-21)23-22(27)24-18-12-19-10-11-20(13-18)25(19)15-16-6-3-2-4-7-16/h2-9,14,18-20H,10-13,15H2,1H3,(H2,23,24,27). The Morgan fingerprint density at radius 2 is 1.81 bits per heavy atom. The van der Waals surface area contributed by atoms with Crippen LogP contribution >= 0.6 is 12.2 Å². The van der Waals surface area contributed by atoms with E-state index in [1.807, 2.05) is 24.3 Å². The summed E-state index contributed by atoms with van der Waals surface area (Å²) in [6.07, 6.45) is 4.91. The number of hydrogen-bond acceptors (Lipinski definition) is 3. The van der Waals surface area contributed by atoms with E-state index in [1.165, 1.54) is 18.4 Å². The Labute approximate surface area is 166 Å². The maximum atomic E-state index is 5.55. The highest BCUT2D eigenvalue weighted by molar-refractivity contribution is 7.80. The maximum Gasteiger partial charge on any atom is 0.170 e. The number of piperidine rings is 1. The molecule has 2 atom stereocenters. The van der Waals surface area contributed by atoms with E-state index in [4.69, 9.17) is 17.0 Å². The molecule has 2 aromatic carbocycles. The fourth-order valence-corrected chi connectivity index (χ4v) is 4.78. The fraction of sp³-hybridized carbons (Fsp3) is 0.409. The Bertz CT molecular complexity index is 768. The average Bonchev–Trinajstić information content (AvgIpc) is 2.91. The predicted octanol–water partition coefficient (Wildman–Crippen LogP) is 4.18. The van der Waals surface area contributed by atoms with Crippen LogP contribution in [-0.4, -0.2) is 35.2 Å². The molecule has 2 aliphatic rings. The topological polar surface area (TPSA) is 36.5 Å². The summed E-state index contributed by atoms with van der Waals surface area (Å²) in [6, 6.07) is 20.4. The zero-order chi connectivity index (χ0) is 18.6. The highest BCUT2D eigenvalue weighted by atomic mass is 32.1. The van der Waals surface area contributed by atoms with Crippen LogP contribution in [0.5, 0.6) is 5.75 Å². The van der Waals surface area contributed by atoms with Crippen molar-refractivity contribution in [1.29, 1.82) is 0 Å². The minimum atomic E-state index is 0.445. The van der Waals surface area contributed by atoms with Gasteiger partial charge in [-0.2, -0.15) is 0 Å². The fourth-order valence-electron chi connectivity index (χ4n) is 4.50. The minimum absolute atomic E-state index is 0.445. The van der Waals surface area contributed by atoms with Crippen LogP contribution in [0.1, 0.15) is 31.2 Å². The summed E-state index contributed by atoms with van der Waals surface area (Å²) < 4.78 is 5.27. The number of thiocarbonyl (C=S) groups is 1. The number of rotatable bonds is 5. The van der Waals surface area contributed by atoms with Crippen molar-refractivity contribution < 1.29 is 4.74 Å². The summed E-state index contributed by atoms with van der Waals surface area (Å²) >= 11 is 5.55. The molecule has 2 fully saturated rings. The molecule has 2 N–H and O–H groups in total. The molecule has 2 bridgehead atoms. The molecule has 2 aliphatic heterocycles. The Balaban J connectivity index is 1.32. The minimum Gasteiger partial charge on any atom is -0.497 e. The Hall–Kier alpha value is -2.11. The third kappa shape index (κ3) is 4.42. The first-order chi connectivity index (χ1) is 13.2. The lowest BCUT2D eigenvalue weighted by Gasteiger charge is -2.39. The van der Waals surface area contributed by atoms with Gasteiger partial charge in [-0.1, -0.05) is 36.4 Å². The van der Waals surface area contributed by atoms with Gasteiger partial charge in [0.1, 0.15) is 5.75 Å². The van der Waals surface area contributed by atoms with Crippen molar-refractivity contribution in [2.75, 3.05) is 12.4 Å². The molecule has 2 saturated heterocycles. The number of ether oxygens (including phenoxy) is 1.